The molecule has 1 aromatic carbocycles. The largest absolute Gasteiger partial charge is 0.464 e. The summed E-state index contributed by atoms with van der Waals surface area (Å²) >= 11 is 0. The van der Waals surface area contributed by atoms with E-state index in [1.54, 1.807) is 18.2 Å². The van der Waals surface area contributed by atoms with Gasteiger partial charge in [-0.3, -0.25) is 4.79 Å². The fraction of sp³-hybridized carbons (Fsp3) is 0.167. The van der Waals surface area contributed by atoms with Gasteiger partial charge >= 0.3 is 5.97 Å². The van der Waals surface area contributed by atoms with Gasteiger partial charge in [0.25, 0.3) is 0 Å². The van der Waals surface area contributed by atoms with E-state index in [1.165, 1.54) is 18.0 Å². The number of methoxy groups -OCH3 is 1. The fourth-order valence-electron chi connectivity index (χ4n) is 1.58. The van der Waals surface area contributed by atoms with Gasteiger partial charge in [-0.15, -0.1) is 5.10 Å². The highest BCUT2D eigenvalue weighted by Gasteiger charge is 2.10. The molecule has 2 N–H and O–H groups in total. The van der Waals surface area contributed by atoms with Crippen molar-refractivity contribution >= 4 is 11.9 Å². The number of benzene rings is 1. The van der Waals surface area contributed by atoms with E-state index in [2.05, 4.69) is 15.0 Å². The van der Waals surface area contributed by atoms with Crippen LogP contribution in [-0.4, -0.2) is 34.0 Å². The minimum Gasteiger partial charge on any atom is -0.464 e. The van der Waals surface area contributed by atoms with Gasteiger partial charge < -0.3 is 10.5 Å². The Labute approximate surface area is 109 Å². The van der Waals surface area contributed by atoms with Gasteiger partial charge in [0.1, 0.15) is 0 Å². The molecule has 98 valence electrons. The lowest BCUT2D eigenvalue weighted by molar-refractivity contribution is 0.0593. The summed E-state index contributed by atoms with van der Waals surface area (Å²) in [5.41, 5.74) is 6.59. The molecule has 1 amide bonds. The Balaban J connectivity index is 2.17. The van der Waals surface area contributed by atoms with Crippen molar-refractivity contribution in [1.29, 1.82) is 0 Å². The Hall–Kier alpha value is -2.70. The number of primary amides is 1. The number of hydrogen-bond acceptors (Lipinski definition) is 5. The van der Waals surface area contributed by atoms with Crippen LogP contribution in [0.15, 0.2) is 30.5 Å². The van der Waals surface area contributed by atoms with Crippen LogP contribution < -0.4 is 5.73 Å². The quantitative estimate of drug-likeness (QED) is 0.792. The number of carbonyl (C=O) groups is 2. The maximum atomic E-state index is 11.2. The summed E-state index contributed by atoms with van der Waals surface area (Å²) in [6, 6.07) is 6.86. The lowest BCUT2D eigenvalue weighted by atomic mass is 10.1. The molecule has 0 atom stereocenters. The monoisotopic (exact) mass is 260 g/mol. The van der Waals surface area contributed by atoms with Crippen molar-refractivity contribution in [3.05, 3.63) is 47.3 Å². The summed E-state index contributed by atoms with van der Waals surface area (Å²) in [4.78, 5) is 22.3. The van der Waals surface area contributed by atoms with E-state index in [-0.39, 0.29) is 5.69 Å². The Bertz CT molecular complexity index is 621. The molecular weight excluding hydrogens is 248 g/mol. The molecule has 1 heterocycles. The number of ether oxygens (including phenoxy) is 1. The molecule has 0 saturated heterocycles. The molecule has 0 radical (unpaired) electrons. The van der Waals surface area contributed by atoms with Crippen LogP contribution in [0.5, 0.6) is 0 Å². The zero-order chi connectivity index (χ0) is 13.8. The second kappa shape index (κ2) is 5.30. The van der Waals surface area contributed by atoms with Crippen molar-refractivity contribution in [2.75, 3.05) is 7.11 Å². The Morgan fingerprint density at radius 2 is 2.21 bits per heavy atom. The number of aromatic nitrogens is 3. The van der Waals surface area contributed by atoms with Crippen LogP contribution in [-0.2, 0) is 11.3 Å². The first-order valence-electron chi connectivity index (χ1n) is 5.47. The van der Waals surface area contributed by atoms with Crippen molar-refractivity contribution in [3.8, 4) is 0 Å². The summed E-state index contributed by atoms with van der Waals surface area (Å²) in [5, 5.41) is 7.49. The number of esters is 1. The second-order valence-corrected chi connectivity index (χ2v) is 3.86. The Kier molecular flexibility index (Phi) is 3.56. The molecule has 0 bridgehead atoms. The van der Waals surface area contributed by atoms with Crippen molar-refractivity contribution < 1.29 is 14.3 Å². The standard InChI is InChI=1S/C12H12N4O3/c1-19-12(18)10-7-16(15-14-10)6-8-3-2-4-9(5-8)11(13)17/h2-5,7H,6H2,1H3,(H2,13,17). The van der Waals surface area contributed by atoms with E-state index >= 15 is 0 Å². The number of rotatable bonds is 4. The predicted molar refractivity (Wildman–Crippen MR) is 65.4 cm³/mol. The first kappa shape index (κ1) is 12.7. The SMILES string of the molecule is COC(=O)c1cn(Cc2cccc(C(N)=O)c2)nn1. The maximum absolute atomic E-state index is 11.2. The maximum Gasteiger partial charge on any atom is 0.360 e. The third-order valence-corrected chi connectivity index (χ3v) is 2.49. The van der Waals surface area contributed by atoms with E-state index in [4.69, 9.17) is 5.73 Å². The third kappa shape index (κ3) is 2.95. The minimum absolute atomic E-state index is 0.133. The highest BCUT2D eigenvalue weighted by Crippen LogP contribution is 2.07. The molecule has 7 heteroatoms. The van der Waals surface area contributed by atoms with Gasteiger partial charge in [0.15, 0.2) is 5.69 Å². The van der Waals surface area contributed by atoms with Crippen LogP contribution in [0, 0.1) is 0 Å². The molecule has 19 heavy (non-hydrogen) atoms. The van der Waals surface area contributed by atoms with E-state index in [9.17, 15) is 9.59 Å². The molecule has 0 aliphatic rings. The van der Waals surface area contributed by atoms with Gasteiger partial charge in [0, 0.05) is 5.56 Å². The number of hydrogen-bond donors (Lipinski definition) is 1. The number of nitrogens with zero attached hydrogens (tertiary/aromatic N) is 3. The normalized spacial score (nSPS) is 10.2. The summed E-state index contributed by atoms with van der Waals surface area (Å²) < 4.78 is 6.01. The molecular formula is C12H12N4O3. The molecule has 0 aliphatic heterocycles. The van der Waals surface area contributed by atoms with Gasteiger partial charge in [-0.05, 0) is 17.7 Å². The molecule has 1 aromatic heterocycles. The van der Waals surface area contributed by atoms with Crippen LogP contribution in [0.1, 0.15) is 26.4 Å². The van der Waals surface area contributed by atoms with Gasteiger partial charge in [-0.1, -0.05) is 17.3 Å². The highest BCUT2D eigenvalue weighted by atomic mass is 16.5. The molecule has 2 rings (SSSR count). The first-order chi connectivity index (χ1) is 9.10. The lowest BCUT2D eigenvalue weighted by Gasteiger charge is -2.02. The molecule has 0 aliphatic carbocycles. The van der Waals surface area contributed by atoms with Gasteiger partial charge in [-0.2, -0.15) is 0 Å². The van der Waals surface area contributed by atoms with Gasteiger partial charge in [0.2, 0.25) is 5.91 Å². The van der Waals surface area contributed by atoms with Crippen LogP contribution in [0.4, 0.5) is 0 Å². The first-order valence-corrected chi connectivity index (χ1v) is 5.47. The van der Waals surface area contributed by atoms with E-state index < -0.39 is 11.9 Å². The fourth-order valence-corrected chi connectivity index (χ4v) is 1.58. The summed E-state index contributed by atoms with van der Waals surface area (Å²) in [6.07, 6.45) is 1.47. The molecule has 0 spiro atoms. The zero-order valence-corrected chi connectivity index (χ0v) is 10.2. The average molecular weight is 260 g/mol. The van der Waals surface area contributed by atoms with Crippen LogP contribution >= 0.6 is 0 Å². The van der Waals surface area contributed by atoms with Crippen LogP contribution in [0.2, 0.25) is 0 Å². The highest BCUT2D eigenvalue weighted by molar-refractivity contribution is 5.92. The van der Waals surface area contributed by atoms with Gasteiger partial charge in [-0.25, -0.2) is 9.48 Å². The molecule has 0 fully saturated rings. The summed E-state index contributed by atoms with van der Waals surface area (Å²) in [6.45, 7) is 0.380. The van der Waals surface area contributed by atoms with Gasteiger partial charge in [0.05, 0.1) is 19.9 Å². The number of amides is 1. The summed E-state index contributed by atoms with van der Waals surface area (Å²) in [7, 11) is 1.28. The van der Waals surface area contributed by atoms with Crippen LogP contribution in [0.3, 0.4) is 0 Å². The smallest absolute Gasteiger partial charge is 0.360 e. The Morgan fingerprint density at radius 3 is 2.89 bits per heavy atom. The van der Waals surface area contributed by atoms with E-state index in [0.29, 0.717) is 12.1 Å². The van der Waals surface area contributed by atoms with Crippen molar-refractivity contribution in [3.63, 3.8) is 0 Å². The third-order valence-electron chi connectivity index (χ3n) is 2.49. The average Bonchev–Trinajstić information content (AvgIpc) is 2.86. The van der Waals surface area contributed by atoms with Crippen LogP contribution in [0.25, 0.3) is 0 Å². The topological polar surface area (TPSA) is 100 Å². The molecule has 2 aromatic rings. The molecule has 7 nitrogen and oxygen atoms in total. The predicted octanol–water partition coefficient (Wildman–Crippen LogP) is 0.212. The number of carbonyl (C=O) groups excluding carboxylic acids is 2. The minimum atomic E-state index is -0.544. The molecule has 0 unspecified atom stereocenters. The van der Waals surface area contributed by atoms with Crippen molar-refractivity contribution in [2.24, 2.45) is 5.73 Å². The Morgan fingerprint density at radius 1 is 1.42 bits per heavy atom. The lowest BCUT2D eigenvalue weighted by Crippen LogP contribution is -2.11. The van der Waals surface area contributed by atoms with E-state index in [1.807, 2.05) is 6.07 Å². The second-order valence-electron chi connectivity index (χ2n) is 3.86. The number of nitrogens with two attached hydrogens (primary N) is 1. The van der Waals surface area contributed by atoms with Crippen molar-refractivity contribution in [2.45, 2.75) is 6.54 Å². The molecule has 0 saturated carbocycles. The van der Waals surface area contributed by atoms with E-state index in [0.717, 1.165) is 5.56 Å². The summed E-state index contributed by atoms with van der Waals surface area (Å²) in [5.74, 6) is -1.03. The zero-order valence-electron chi connectivity index (χ0n) is 10.2. The van der Waals surface area contributed by atoms with Crippen molar-refractivity contribution in [1.82, 2.24) is 15.0 Å².